The standard InChI is InChI=1S/C33H39N5O4S2/c1-2-3-10-15-38(20-28(16-26-11-6-4-7-12-26)36-32(39)41-22-30-18-34-24-43-30)21-29(17-27-13-8-5-9-14-27)37-33(40)42-23-31-19-35-25-44-31/h4-15,18-19,24-25,28-29H,2-3,16-17,20-23H2,1H3,(H,36,39)(H,37,40)/b15-10+/t28-,29-/m0/s1. The van der Waals surface area contributed by atoms with E-state index < -0.39 is 12.2 Å². The van der Waals surface area contributed by atoms with E-state index in [1.54, 1.807) is 23.4 Å². The second-order valence-corrected chi connectivity index (χ2v) is 12.2. The second-order valence-electron chi connectivity index (χ2n) is 10.3. The molecule has 2 aromatic carbocycles. The topological polar surface area (TPSA) is 106 Å². The molecule has 2 amide bonds. The van der Waals surface area contributed by atoms with Crippen molar-refractivity contribution in [1.82, 2.24) is 25.5 Å². The number of allylic oxidation sites excluding steroid dienone is 1. The Morgan fingerprint density at radius 1 is 0.795 bits per heavy atom. The molecule has 9 nitrogen and oxygen atoms in total. The number of rotatable bonds is 17. The molecule has 0 unspecified atom stereocenters. The van der Waals surface area contributed by atoms with Crippen LogP contribution in [0.5, 0.6) is 0 Å². The lowest BCUT2D eigenvalue weighted by Crippen LogP contribution is -2.49. The fourth-order valence-corrected chi connectivity index (χ4v) is 5.60. The minimum Gasteiger partial charge on any atom is -0.444 e. The number of hydrogen-bond donors (Lipinski definition) is 2. The van der Waals surface area contributed by atoms with E-state index in [-0.39, 0.29) is 25.3 Å². The highest BCUT2D eigenvalue weighted by molar-refractivity contribution is 7.09. The molecule has 232 valence electrons. The van der Waals surface area contributed by atoms with Crippen LogP contribution in [0.15, 0.2) is 96.4 Å². The zero-order valence-corrected chi connectivity index (χ0v) is 26.5. The Kier molecular flexibility index (Phi) is 13.7. The third kappa shape index (κ3) is 12.2. The summed E-state index contributed by atoms with van der Waals surface area (Å²) in [7, 11) is 0. The first-order valence-corrected chi connectivity index (χ1v) is 16.4. The Balaban J connectivity index is 1.48. The third-order valence-electron chi connectivity index (χ3n) is 6.63. The molecule has 11 heteroatoms. The Bertz CT molecular complexity index is 1290. The summed E-state index contributed by atoms with van der Waals surface area (Å²) in [6, 6.07) is 19.6. The van der Waals surface area contributed by atoms with Crippen LogP contribution >= 0.6 is 22.7 Å². The number of alkyl carbamates (subject to hydrolysis) is 2. The van der Waals surface area contributed by atoms with Gasteiger partial charge in [-0.1, -0.05) is 80.1 Å². The molecule has 0 radical (unpaired) electrons. The molecule has 2 aromatic heterocycles. The van der Waals surface area contributed by atoms with Gasteiger partial charge in [0, 0.05) is 25.5 Å². The zero-order valence-electron chi connectivity index (χ0n) is 24.8. The van der Waals surface area contributed by atoms with E-state index in [0.717, 1.165) is 33.7 Å². The minimum absolute atomic E-state index is 0.168. The highest BCUT2D eigenvalue weighted by Crippen LogP contribution is 2.12. The van der Waals surface area contributed by atoms with E-state index in [1.807, 2.05) is 60.7 Å². The highest BCUT2D eigenvalue weighted by Gasteiger charge is 2.22. The highest BCUT2D eigenvalue weighted by atomic mass is 32.1. The van der Waals surface area contributed by atoms with E-state index in [1.165, 1.54) is 22.7 Å². The molecule has 4 aromatic rings. The number of amides is 2. The van der Waals surface area contributed by atoms with Crippen molar-refractivity contribution in [3.63, 3.8) is 0 Å². The van der Waals surface area contributed by atoms with Crippen molar-refractivity contribution in [1.29, 1.82) is 0 Å². The molecule has 44 heavy (non-hydrogen) atoms. The molecule has 0 fully saturated rings. The van der Waals surface area contributed by atoms with Crippen molar-refractivity contribution in [2.75, 3.05) is 13.1 Å². The molecule has 0 aliphatic rings. The van der Waals surface area contributed by atoms with Gasteiger partial charge in [0.25, 0.3) is 0 Å². The average molecular weight is 634 g/mol. The number of nitrogens with zero attached hydrogens (tertiary/aromatic N) is 3. The number of aromatic nitrogens is 2. The Hall–Kier alpha value is -4.22. The number of thiazole rings is 2. The molecule has 0 aliphatic carbocycles. The van der Waals surface area contributed by atoms with E-state index in [9.17, 15) is 9.59 Å². The summed E-state index contributed by atoms with van der Waals surface area (Å²) in [6.07, 6.45) is 9.77. The Morgan fingerprint density at radius 2 is 1.27 bits per heavy atom. The average Bonchev–Trinajstić information content (AvgIpc) is 3.75. The van der Waals surface area contributed by atoms with Gasteiger partial charge >= 0.3 is 12.2 Å². The normalized spacial score (nSPS) is 12.4. The molecule has 0 saturated carbocycles. The van der Waals surface area contributed by atoms with E-state index in [4.69, 9.17) is 9.47 Å². The molecule has 0 aliphatic heterocycles. The van der Waals surface area contributed by atoms with Gasteiger partial charge < -0.3 is 25.0 Å². The summed E-state index contributed by atoms with van der Waals surface area (Å²) in [5.41, 5.74) is 5.63. The lowest BCUT2D eigenvalue weighted by atomic mass is 10.0. The maximum atomic E-state index is 12.9. The quantitative estimate of drug-likeness (QED) is 0.135. The molecule has 2 N–H and O–H groups in total. The predicted octanol–water partition coefficient (Wildman–Crippen LogP) is 6.59. The van der Waals surface area contributed by atoms with Crippen LogP contribution in [0, 0.1) is 0 Å². The number of hydrogen-bond acceptors (Lipinski definition) is 9. The Labute approximate surface area is 267 Å². The van der Waals surface area contributed by atoms with Crippen molar-refractivity contribution in [2.24, 2.45) is 0 Å². The monoisotopic (exact) mass is 633 g/mol. The van der Waals surface area contributed by atoms with Gasteiger partial charge in [0.1, 0.15) is 13.2 Å². The summed E-state index contributed by atoms with van der Waals surface area (Å²) < 4.78 is 11.0. The van der Waals surface area contributed by atoms with Crippen LogP contribution in [0.3, 0.4) is 0 Å². The fraction of sp³-hybridized carbons (Fsp3) is 0.333. The first-order valence-electron chi connectivity index (χ1n) is 14.7. The summed E-state index contributed by atoms with van der Waals surface area (Å²) in [5, 5.41) is 6.16. The van der Waals surface area contributed by atoms with Crippen LogP contribution in [0.2, 0.25) is 0 Å². The largest absolute Gasteiger partial charge is 0.444 e. The first-order chi connectivity index (χ1) is 21.6. The first kappa shape index (κ1) is 32.7. The van der Waals surface area contributed by atoms with Crippen molar-refractivity contribution >= 4 is 34.9 Å². The molecule has 0 spiro atoms. The van der Waals surface area contributed by atoms with Gasteiger partial charge in [-0.3, -0.25) is 9.97 Å². The molecular weight excluding hydrogens is 595 g/mol. The zero-order chi connectivity index (χ0) is 30.8. The smallest absolute Gasteiger partial charge is 0.407 e. The molecule has 0 bridgehead atoms. The van der Waals surface area contributed by atoms with Crippen molar-refractivity contribution in [3.8, 4) is 0 Å². The number of carbonyl (C=O) groups is 2. The number of benzene rings is 2. The Morgan fingerprint density at radius 3 is 1.68 bits per heavy atom. The van der Waals surface area contributed by atoms with Crippen LogP contribution < -0.4 is 10.6 Å². The fourth-order valence-electron chi connectivity index (χ4n) is 4.59. The maximum absolute atomic E-state index is 12.9. The number of nitrogens with one attached hydrogen (secondary N) is 2. The van der Waals surface area contributed by atoms with Crippen molar-refractivity contribution in [2.45, 2.75) is 57.9 Å². The number of unbranched alkanes of at least 4 members (excludes halogenated alkanes) is 1. The van der Waals surface area contributed by atoms with Gasteiger partial charge in [-0.25, -0.2) is 9.59 Å². The summed E-state index contributed by atoms with van der Waals surface area (Å²) in [6.45, 7) is 3.48. The van der Waals surface area contributed by atoms with Gasteiger partial charge in [-0.15, -0.1) is 22.7 Å². The van der Waals surface area contributed by atoms with E-state index in [2.05, 4.69) is 44.7 Å². The second kappa shape index (κ2) is 18.4. The van der Waals surface area contributed by atoms with Crippen LogP contribution in [0.1, 0.15) is 40.6 Å². The van der Waals surface area contributed by atoms with Gasteiger partial charge in [-0.05, 0) is 36.6 Å². The lowest BCUT2D eigenvalue weighted by molar-refractivity contribution is 0.131. The summed E-state index contributed by atoms with van der Waals surface area (Å²) in [5.74, 6) is 0. The van der Waals surface area contributed by atoms with Gasteiger partial charge in [0.2, 0.25) is 0 Å². The molecule has 0 saturated heterocycles. The predicted molar refractivity (Wildman–Crippen MR) is 174 cm³/mol. The van der Waals surface area contributed by atoms with Gasteiger partial charge in [-0.2, -0.15) is 0 Å². The van der Waals surface area contributed by atoms with Crippen LogP contribution in [-0.4, -0.2) is 52.2 Å². The number of carbonyl (C=O) groups excluding carboxylic acids is 2. The summed E-state index contributed by atoms with van der Waals surface area (Å²) in [4.78, 5) is 37.8. The van der Waals surface area contributed by atoms with E-state index in [0.29, 0.717) is 25.9 Å². The van der Waals surface area contributed by atoms with Crippen LogP contribution in [-0.2, 0) is 35.5 Å². The minimum atomic E-state index is -0.484. The van der Waals surface area contributed by atoms with Crippen molar-refractivity contribution in [3.05, 3.63) is 117 Å². The third-order valence-corrected chi connectivity index (χ3v) is 8.14. The molecule has 2 heterocycles. The van der Waals surface area contributed by atoms with Crippen LogP contribution in [0.4, 0.5) is 9.59 Å². The van der Waals surface area contributed by atoms with Crippen LogP contribution in [0.25, 0.3) is 0 Å². The van der Waals surface area contributed by atoms with Gasteiger partial charge in [0.05, 0.1) is 32.9 Å². The number of ether oxygens (including phenoxy) is 2. The molecular formula is C33H39N5O4S2. The SMILES string of the molecule is CCC/C=C/N(C[C@H](Cc1ccccc1)NC(=O)OCc1cncs1)C[C@H](Cc1ccccc1)NC(=O)OCc1cncs1. The lowest BCUT2D eigenvalue weighted by Gasteiger charge is -2.31. The maximum Gasteiger partial charge on any atom is 0.407 e. The summed E-state index contributed by atoms with van der Waals surface area (Å²) >= 11 is 2.88. The molecule has 4 rings (SSSR count). The molecule has 2 atom stereocenters. The van der Waals surface area contributed by atoms with Crippen molar-refractivity contribution < 1.29 is 19.1 Å². The van der Waals surface area contributed by atoms with E-state index >= 15 is 0 Å². The van der Waals surface area contributed by atoms with Gasteiger partial charge in [0.15, 0.2) is 0 Å².